The first-order valence-electron chi connectivity index (χ1n) is 10.8. The van der Waals surface area contributed by atoms with Crippen LogP contribution in [0.25, 0.3) is 0 Å². The predicted octanol–water partition coefficient (Wildman–Crippen LogP) is 4.06. The topological polar surface area (TPSA) is 104 Å². The molecule has 0 fully saturated rings. The zero-order chi connectivity index (χ0) is 24.3. The van der Waals surface area contributed by atoms with E-state index in [0.29, 0.717) is 34.8 Å². The summed E-state index contributed by atoms with van der Waals surface area (Å²) >= 11 is 6.17. The minimum atomic E-state index is -4.03. The number of rotatable bonds is 7. The number of benzene rings is 3. The van der Waals surface area contributed by atoms with Gasteiger partial charge in [0, 0.05) is 22.8 Å². The van der Waals surface area contributed by atoms with Gasteiger partial charge in [-0.1, -0.05) is 48.0 Å². The van der Waals surface area contributed by atoms with Crippen LogP contribution >= 0.6 is 11.6 Å². The van der Waals surface area contributed by atoms with Gasteiger partial charge in [-0.3, -0.25) is 9.59 Å². The Morgan fingerprint density at radius 3 is 2.59 bits per heavy atom. The summed E-state index contributed by atoms with van der Waals surface area (Å²) in [5, 5.41) is 6.04. The van der Waals surface area contributed by atoms with Gasteiger partial charge in [0.25, 0.3) is 0 Å². The second kappa shape index (κ2) is 9.97. The van der Waals surface area contributed by atoms with E-state index in [4.69, 9.17) is 11.6 Å². The standard InChI is InChI=1S/C25H24ClN3O4S/c1-16-20(26)8-5-9-21(16)28-25(31)23(14-17-6-3-2-4-7-17)29-34(32,33)19-11-12-22-18(15-19)10-13-24(30)27-22/h2-9,11-12,15,23,29H,10,13-14H2,1H3,(H,27,30)(H,28,31)/t23-/m1/s1. The van der Waals surface area contributed by atoms with Crippen molar-refractivity contribution < 1.29 is 18.0 Å². The lowest BCUT2D eigenvalue weighted by atomic mass is 10.0. The number of halogens is 1. The molecule has 1 heterocycles. The predicted molar refractivity (Wildman–Crippen MR) is 132 cm³/mol. The van der Waals surface area contributed by atoms with Crippen LogP contribution in [0.2, 0.25) is 5.02 Å². The summed E-state index contributed by atoms with van der Waals surface area (Å²) in [6, 6.07) is 17.8. The van der Waals surface area contributed by atoms with Crippen LogP contribution in [0.4, 0.5) is 11.4 Å². The molecule has 0 aliphatic carbocycles. The third-order valence-corrected chi connectivity index (χ3v) is 7.58. The van der Waals surface area contributed by atoms with Gasteiger partial charge >= 0.3 is 0 Å². The third-order valence-electron chi connectivity index (χ3n) is 5.70. The lowest BCUT2D eigenvalue weighted by Gasteiger charge is -2.21. The number of carbonyl (C=O) groups is 2. The van der Waals surface area contributed by atoms with Crippen molar-refractivity contribution in [1.29, 1.82) is 0 Å². The van der Waals surface area contributed by atoms with E-state index < -0.39 is 22.0 Å². The van der Waals surface area contributed by atoms with E-state index >= 15 is 0 Å². The Kier molecular flexibility index (Phi) is 7.02. The number of nitrogens with one attached hydrogen (secondary N) is 3. The van der Waals surface area contributed by atoms with Gasteiger partial charge in [0.15, 0.2) is 0 Å². The molecule has 0 aromatic heterocycles. The van der Waals surface area contributed by atoms with Crippen molar-refractivity contribution in [2.24, 2.45) is 0 Å². The SMILES string of the molecule is Cc1c(Cl)cccc1NC(=O)[C@@H](Cc1ccccc1)NS(=O)(=O)c1ccc2c(c1)CCC(=O)N2. The van der Waals surface area contributed by atoms with E-state index in [1.165, 1.54) is 12.1 Å². The number of hydrogen-bond acceptors (Lipinski definition) is 4. The van der Waals surface area contributed by atoms with E-state index in [9.17, 15) is 18.0 Å². The Labute approximate surface area is 203 Å². The highest BCUT2D eigenvalue weighted by molar-refractivity contribution is 7.89. The first kappa shape index (κ1) is 23.9. The first-order chi connectivity index (χ1) is 16.2. The average molecular weight is 498 g/mol. The second-order valence-electron chi connectivity index (χ2n) is 8.13. The molecular formula is C25H24ClN3O4S. The summed E-state index contributed by atoms with van der Waals surface area (Å²) in [5.74, 6) is -0.597. The zero-order valence-corrected chi connectivity index (χ0v) is 20.0. The smallest absolute Gasteiger partial charge is 0.242 e. The summed E-state index contributed by atoms with van der Waals surface area (Å²) in [7, 11) is -4.03. The van der Waals surface area contributed by atoms with E-state index in [-0.39, 0.29) is 17.2 Å². The number of sulfonamides is 1. The highest BCUT2D eigenvalue weighted by atomic mass is 35.5. The fourth-order valence-electron chi connectivity index (χ4n) is 3.78. The fraction of sp³-hybridized carbons (Fsp3) is 0.200. The molecule has 0 bridgehead atoms. The van der Waals surface area contributed by atoms with Gasteiger partial charge in [0.2, 0.25) is 21.8 Å². The van der Waals surface area contributed by atoms with Crippen molar-refractivity contribution in [2.45, 2.75) is 37.1 Å². The summed E-state index contributed by atoms with van der Waals surface area (Å²) in [6.45, 7) is 1.78. The molecule has 1 aliphatic heterocycles. The molecule has 34 heavy (non-hydrogen) atoms. The maximum absolute atomic E-state index is 13.3. The Hall–Kier alpha value is -3.20. The van der Waals surface area contributed by atoms with Crippen molar-refractivity contribution in [3.05, 3.63) is 88.4 Å². The quantitative estimate of drug-likeness (QED) is 0.457. The third kappa shape index (κ3) is 5.47. The van der Waals surface area contributed by atoms with Crippen molar-refractivity contribution in [2.75, 3.05) is 10.6 Å². The van der Waals surface area contributed by atoms with Crippen molar-refractivity contribution >= 4 is 44.8 Å². The number of hydrogen-bond donors (Lipinski definition) is 3. The van der Waals surface area contributed by atoms with Crippen LogP contribution < -0.4 is 15.4 Å². The molecule has 176 valence electrons. The van der Waals surface area contributed by atoms with Crippen LogP contribution in [-0.4, -0.2) is 26.3 Å². The van der Waals surface area contributed by atoms with Crippen LogP contribution in [0, 0.1) is 6.92 Å². The number of amides is 2. The van der Waals surface area contributed by atoms with Crippen LogP contribution in [0.5, 0.6) is 0 Å². The molecule has 0 radical (unpaired) electrons. The second-order valence-corrected chi connectivity index (χ2v) is 10.3. The first-order valence-corrected chi connectivity index (χ1v) is 12.6. The largest absolute Gasteiger partial charge is 0.326 e. The van der Waals surface area contributed by atoms with E-state index in [2.05, 4.69) is 15.4 Å². The van der Waals surface area contributed by atoms with Crippen LogP contribution in [0.15, 0.2) is 71.6 Å². The minimum absolute atomic E-state index is 0.0344. The monoisotopic (exact) mass is 497 g/mol. The Bertz CT molecular complexity index is 1340. The molecular weight excluding hydrogens is 474 g/mol. The summed E-state index contributed by atoms with van der Waals surface area (Å²) in [4.78, 5) is 24.9. The summed E-state index contributed by atoms with van der Waals surface area (Å²) in [6.07, 6.45) is 0.904. The molecule has 0 unspecified atom stereocenters. The molecule has 9 heteroatoms. The normalized spacial score (nSPS) is 14.1. The molecule has 1 atom stereocenters. The Morgan fingerprint density at radius 2 is 1.82 bits per heavy atom. The van der Waals surface area contributed by atoms with Gasteiger partial charge in [0.05, 0.1) is 4.90 Å². The van der Waals surface area contributed by atoms with Gasteiger partial charge in [-0.2, -0.15) is 4.72 Å². The lowest BCUT2D eigenvalue weighted by molar-refractivity contribution is -0.118. The molecule has 3 aromatic rings. The average Bonchev–Trinajstić information content (AvgIpc) is 2.81. The number of anilines is 2. The Morgan fingerprint density at radius 1 is 1.06 bits per heavy atom. The van der Waals surface area contributed by atoms with Gasteiger partial charge in [-0.25, -0.2) is 8.42 Å². The molecule has 1 aliphatic rings. The number of fused-ring (bicyclic) bond motifs is 1. The molecule has 0 saturated heterocycles. The molecule has 4 rings (SSSR count). The van der Waals surface area contributed by atoms with Gasteiger partial charge in [0.1, 0.15) is 6.04 Å². The number of aryl methyl sites for hydroxylation is 1. The molecule has 2 amide bonds. The molecule has 0 spiro atoms. The van der Waals surface area contributed by atoms with E-state index in [1.54, 1.807) is 31.2 Å². The maximum atomic E-state index is 13.3. The maximum Gasteiger partial charge on any atom is 0.242 e. The number of carbonyl (C=O) groups excluding carboxylic acids is 2. The van der Waals surface area contributed by atoms with Crippen LogP contribution in [0.3, 0.4) is 0 Å². The van der Waals surface area contributed by atoms with Crippen molar-refractivity contribution in [3.8, 4) is 0 Å². The van der Waals surface area contributed by atoms with E-state index in [0.717, 1.165) is 11.1 Å². The van der Waals surface area contributed by atoms with Gasteiger partial charge in [-0.15, -0.1) is 0 Å². The van der Waals surface area contributed by atoms with Crippen LogP contribution in [-0.2, 0) is 32.5 Å². The summed E-state index contributed by atoms with van der Waals surface area (Å²) in [5.41, 5.74) is 3.35. The van der Waals surface area contributed by atoms with Crippen LogP contribution in [0.1, 0.15) is 23.1 Å². The molecule has 0 saturated carbocycles. The van der Waals surface area contributed by atoms with Gasteiger partial charge in [-0.05, 0) is 66.8 Å². The fourth-order valence-corrected chi connectivity index (χ4v) is 5.20. The van der Waals surface area contributed by atoms with Crippen molar-refractivity contribution in [1.82, 2.24) is 4.72 Å². The molecule has 3 N–H and O–H groups in total. The highest BCUT2D eigenvalue weighted by Gasteiger charge is 2.28. The molecule has 7 nitrogen and oxygen atoms in total. The van der Waals surface area contributed by atoms with E-state index in [1.807, 2.05) is 30.3 Å². The highest BCUT2D eigenvalue weighted by Crippen LogP contribution is 2.26. The Balaban J connectivity index is 1.61. The lowest BCUT2D eigenvalue weighted by Crippen LogP contribution is -2.45. The minimum Gasteiger partial charge on any atom is -0.326 e. The van der Waals surface area contributed by atoms with Crippen molar-refractivity contribution in [3.63, 3.8) is 0 Å². The summed E-state index contributed by atoms with van der Waals surface area (Å²) < 4.78 is 29.1. The molecule has 3 aromatic carbocycles. The van der Waals surface area contributed by atoms with Gasteiger partial charge < -0.3 is 10.6 Å². The zero-order valence-electron chi connectivity index (χ0n) is 18.5.